The van der Waals surface area contributed by atoms with E-state index in [2.05, 4.69) is 0 Å². The average Bonchev–Trinajstić information content (AvgIpc) is 3.37. The number of hydrogen-bond donors (Lipinski definition) is 0. The maximum Gasteiger partial charge on any atom is 0.304 e. The fourth-order valence-electron chi connectivity index (χ4n) is 2.88. The Morgan fingerprint density at radius 3 is 2.52 bits per heavy atom. The van der Waals surface area contributed by atoms with E-state index >= 15 is 0 Å². The molecule has 2 aliphatic rings. The number of aldehydes is 1. The van der Waals surface area contributed by atoms with E-state index < -0.39 is 5.79 Å². The molecule has 7 heteroatoms. The van der Waals surface area contributed by atoms with Crippen LogP contribution in [0, 0.1) is 5.92 Å². The van der Waals surface area contributed by atoms with Crippen LogP contribution in [-0.4, -0.2) is 56.4 Å². The van der Waals surface area contributed by atoms with E-state index in [1.807, 2.05) is 13.8 Å². The first-order valence-electron chi connectivity index (χ1n) is 8.17. The van der Waals surface area contributed by atoms with Crippen molar-refractivity contribution in [3.63, 3.8) is 0 Å². The standard InChI is InChI=1S/C16H26O7/c1-4-16(5-2)22-12(8-19-10-21-11(3)18)6-14(23-16)13(7-17)15-9-20-15/h7,12-15H,4-6,8-10H2,1-3H3/t12-,13+,14+,15+/m1/s1. The summed E-state index contributed by atoms with van der Waals surface area (Å²) in [7, 11) is 0. The molecular formula is C16H26O7. The van der Waals surface area contributed by atoms with Crippen molar-refractivity contribution >= 4 is 12.3 Å². The maximum atomic E-state index is 11.4. The highest BCUT2D eigenvalue weighted by atomic mass is 16.7. The SMILES string of the molecule is CCC1(CC)O[C@@H](COCOC(C)=O)C[C@@H]([C@H](C=O)[C@@H]2CO2)O1. The average molecular weight is 330 g/mol. The van der Waals surface area contributed by atoms with Crippen molar-refractivity contribution in [2.24, 2.45) is 5.92 Å². The summed E-state index contributed by atoms with van der Waals surface area (Å²) in [5.41, 5.74) is 0. The topological polar surface area (TPSA) is 83.6 Å². The molecule has 0 aromatic carbocycles. The van der Waals surface area contributed by atoms with Crippen LogP contribution in [0.3, 0.4) is 0 Å². The Labute approximate surface area is 136 Å². The minimum absolute atomic E-state index is 0.0513. The second kappa shape index (κ2) is 8.19. The first kappa shape index (κ1) is 18.3. The molecule has 0 saturated carbocycles. The lowest BCUT2D eigenvalue weighted by atomic mass is 9.93. The second-order valence-corrected chi connectivity index (χ2v) is 5.96. The molecule has 0 unspecified atom stereocenters. The second-order valence-electron chi connectivity index (χ2n) is 5.96. The molecular weight excluding hydrogens is 304 g/mol. The number of epoxide rings is 1. The van der Waals surface area contributed by atoms with Gasteiger partial charge >= 0.3 is 5.97 Å². The van der Waals surface area contributed by atoms with Gasteiger partial charge in [-0.05, 0) is 12.8 Å². The highest BCUT2D eigenvalue weighted by molar-refractivity contribution is 5.65. The van der Waals surface area contributed by atoms with Gasteiger partial charge in [0.15, 0.2) is 12.6 Å². The van der Waals surface area contributed by atoms with Crippen LogP contribution in [-0.2, 0) is 33.3 Å². The molecule has 7 nitrogen and oxygen atoms in total. The molecule has 132 valence electrons. The first-order chi connectivity index (χ1) is 11.0. The molecule has 0 radical (unpaired) electrons. The predicted octanol–water partition coefficient (Wildman–Crippen LogP) is 1.43. The lowest BCUT2D eigenvalue weighted by Gasteiger charge is -2.45. The Kier molecular flexibility index (Phi) is 6.52. The van der Waals surface area contributed by atoms with Gasteiger partial charge in [0.25, 0.3) is 0 Å². The van der Waals surface area contributed by atoms with Crippen molar-refractivity contribution < 1.29 is 33.3 Å². The molecule has 0 N–H and O–H groups in total. The highest BCUT2D eigenvalue weighted by Crippen LogP contribution is 2.38. The van der Waals surface area contributed by atoms with Gasteiger partial charge in [-0.25, -0.2) is 0 Å². The van der Waals surface area contributed by atoms with Crippen LogP contribution in [0.25, 0.3) is 0 Å². The molecule has 2 heterocycles. The third kappa shape index (κ3) is 4.97. The number of rotatable bonds is 9. The number of carbonyl (C=O) groups excluding carboxylic acids is 2. The van der Waals surface area contributed by atoms with Gasteiger partial charge in [0.05, 0.1) is 37.4 Å². The molecule has 2 saturated heterocycles. The summed E-state index contributed by atoms with van der Waals surface area (Å²) in [6, 6.07) is 0. The Morgan fingerprint density at radius 1 is 1.30 bits per heavy atom. The summed E-state index contributed by atoms with van der Waals surface area (Å²) in [4.78, 5) is 22.2. The molecule has 2 rings (SSSR count). The molecule has 0 bridgehead atoms. The molecule has 0 aromatic heterocycles. The lowest BCUT2D eigenvalue weighted by Crippen LogP contribution is -2.52. The Hall–Kier alpha value is -1.02. The van der Waals surface area contributed by atoms with E-state index in [-0.39, 0.29) is 43.6 Å². The van der Waals surface area contributed by atoms with Crippen molar-refractivity contribution in [2.45, 2.75) is 64.1 Å². The molecule has 2 aliphatic heterocycles. The van der Waals surface area contributed by atoms with Crippen LogP contribution in [0.5, 0.6) is 0 Å². The number of carbonyl (C=O) groups is 2. The van der Waals surface area contributed by atoms with Crippen molar-refractivity contribution in [3.8, 4) is 0 Å². The van der Waals surface area contributed by atoms with Gasteiger partial charge in [-0.1, -0.05) is 13.8 Å². The Bertz CT molecular complexity index is 403. The van der Waals surface area contributed by atoms with Crippen LogP contribution in [0.2, 0.25) is 0 Å². The van der Waals surface area contributed by atoms with Crippen LogP contribution in [0.1, 0.15) is 40.0 Å². The summed E-state index contributed by atoms with van der Waals surface area (Å²) in [5.74, 6) is -1.39. The van der Waals surface area contributed by atoms with Crippen molar-refractivity contribution in [1.29, 1.82) is 0 Å². The Morgan fingerprint density at radius 2 is 2.00 bits per heavy atom. The van der Waals surface area contributed by atoms with Gasteiger partial charge in [-0.3, -0.25) is 4.79 Å². The summed E-state index contributed by atoms with van der Waals surface area (Å²) in [6.45, 7) is 6.09. The number of esters is 1. The quantitative estimate of drug-likeness (QED) is 0.208. The van der Waals surface area contributed by atoms with Gasteiger partial charge in [-0.15, -0.1) is 0 Å². The minimum atomic E-state index is -0.714. The summed E-state index contributed by atoms with van der Waals surface area (Å²) in [5, 5.41) is 0. The van der Waals surface area contributed by atoms with Crippen molar-refractivity contribution in [3.05, 3.63) is 0 Å². The number of ether oxygens (including phenoxy) is 5. The van der Waals surface area contributed by atoms with Gasteiger partial charge in [0, 0.05) is 13.3 Å². The Balaban J connectivity index is 1.97. The zero-order chi connectivity index (χ0) is 16.9. The number of hydrogen-bond acceptors (Lipinski definition) is 7. The van der Waals surface area contributed by atoms with E-state index in [1.54, 1.807) is 0 Å². The largest absolute Gasteiger partial charge is 0.439 e. The fraction of sp³-hybridized carbons (Fsp3) is 0.875. The van der Waals surface area contributed by atoms with Crippen LogP contribution < -0.4 is 0 Å². The van der Waals surface area contributed by atoms with E-state index in [0.29, 0.717) is 25.9 Å². The normalized spacial score (nSPS) is 30.5. The third-order valence-electron chi connectivity index (χ3n) is 4.34. The van der Waals surface area contributed by atoms with Gasteiger partial charge in [-0.2, -0.15) is 0 Å². The van der Waals surface area contributed by atoms with Crippen molar-refractivity contribution in [2.75, 3.05) is 20.0 Å². The molecule has 4 atom stereocenters. The molecule has 0 aromatic rings. The van der Waals surface area contributed by atoms with Crippen LogP contribution >= 0.6 is 0 Å². The molecule has 0 amide bonds. The van der Waals surface area contributed by atoms with Gasteiger partial charge < -0.3 is 28.5 Å². The van der Waals surface area contributed by atoms with Gasteiger partial charge in [0.1, 0.15) is 6.29 Å². The van der Waals surface area contributed by atoms with Gasteiger partial charge in [0.2, 0.25) is 0 Å². The van der Waals surface area contributed by atoms with Crippen molar-refractivity contribution in [1.82, 2.24) is 0 Å². The third-order valence-corrected chi connectivity index (χ3v) is 4.34. The zero-order valence-corrected chi connectivity index (χ0v) is 14.0. The molecule has 23 heavy (non-hydrogen) atoms. The summed E-state index contributed by atoms with van der Waals surface area (Å²) in [6.07, 6.45) is 2.30. The lowest BCUT2D eigenvalue weighted by molar-refractivity contribution is -0.332. The van der Waals surface area contributed by atoms with E-state index in [1.165, 1.54) is 6.92 Å². The van der Waals surface area contributed by atoms with Crippen LogP contribution in [0.4, 0.5) is 0 Å². The molecule has 2 fully saturated rings. The monoisotopic (exact) mass is 330 g/mol. The zero-order valence-electron chi connectivity index (χ0n) is 14.0. The van der Waals surface area contributed by atoms with E-state index in [4.69, 9.17) is 23.7 Å². The predicted molar refractivity (Wildman–Crippen MR) is 79.6 cm³/mol. The fourth-order valence-corrected chi connectivity index (χ4v) is 2.88. The van der Waals surface area contributed by atoms with Crippen LogP contribution in [0.15, 0.2) is 0 Å². The smallest absolute Gasteiger partial charge is 0.304 e. The molecule has 0 spiro atoms. The summed E-state index contributed by atoms with van der Waals surface area (Å²) < 4.78 is 27.6. The first-order valence-corrected chi connectivity index (χ1v) is 8.17. The molecule has 0 aliphatic carbocycles. The minimum Gasteiger partial charge on any atom is -0.439 e. The highest BCUT2D eigenvalue weighted by Gasteiger charge is 2.47. The van der Waals surface area contributed by atoms with E-state index in [0.717, 1.165) is 6.29 Å². The maximum absolute atomic E-state index is 11.4. The van der Waals surface area contributed by atoms with E-state index in [9.17, 15) is 9.59 Å². The summed E-state index contributed by atoms with van der Waals surface area (Å²) >= 11 is 0.